The molecular weight excluding hydrogens is 441 g/mol. The van der Waals surface area contributed by atoms with E-state index in [0.717, 1.165) is 31.2 Å². The zero-order valence-corrected chi connectivity index (χ0v) is 19.3. The van der Waals surface area contributed by atoms with Crippen LogP contribution in [0.1, 0.15) is 66.3 Å². The highest BCUT2D eigenvalue weighted by Crippen LogP contribution is 2.33. The van der Waals surface area contributed by atoms with Gasteiger partial charge in [0.2, 0.25) is 5.91 Å². The molecule has 0 radical (unpaired) electrons. The lowest BCUT2D eigenvalue weighted by Gasteiger charge is -2.31. The van der Waals surface area contributed by atoms with E-state index >= 15 is 0 Å². The number of esters is 1. The van der Waals surface area contributed by atoms with E-state index in [1.165, 1.54) is 12.1 Å². The largest absolute Gasteiger partial charge is 0.476 e. The minimum absolute atomic E-state index is 0.0153. The number of benzene rings is 1. The van der Waals surface area contributed by atoms with Crippen molar-refractivity contribution in [3.63, 3.8) is 0 Å². The summed E-state index contributed by atoms with van der Waals surface area (Å²) in [5, 5.41) is 13.9. The van der Waals surface area contributed by atoms with Crippen LogP contribution in [0, 0.1) is 17.7 Å². The standard InChI is InChI=1S/C25H30FN3O5/c1-2-34-25(33)18-7-3-16(4-8-18)13-22(30)28-12-11-20-21(15-28)29(27-23(20)24(31)32)14-17-5-9-19(26)10-6-17/h5-6,9-10,16,18H,2-4,7-8,11-15H2,1H3,(H,31,32)/t16-,18-. The van der Waals surface area contributed by atoms with Gasteiger partial charge in [0.15, 0.2) is 5.69 Å². The second-order valence-electron chi connectivity index (χ2n) is 9.10. The van der Waals surface area contributed by atoms with E-state index < -0.39 is 5.97 Å². The lowest BCUT2D eigenvalue weighted by molar-refractivity contribution is -0.149. The van der Waals surface area contributed by atoms with Gasteiger partial charge in [0.05, 0.1) is 31.3 Å². The average Bonchev–Trinajstić information content (AvgIpc) is 3.19. The number of fused-ring (bicyclic) bond motifs is 1. The van der Waals surface area contributed by atoms with Crippen molar-refractivity contribution in [3.05, 3.63) is 52.6 Å². The number of halogens is 1. The zero-order chi connectivity index (χ0) is 24.2. The summed E-state index contributed by atoms with van der Waals surface area (Å²) in [6, 6.07) is 6.00. The minimum Gasteiger partial charge on any atom is -0.476 e. The Balaban J connectivity index is 1.42. The molecule has 1 aromatic heterocycles. The van der Waals surface area contributed by atoms with E-state index in [0.29, 0.717) is 50.3 Å². The fourth-order valence-corrected chi connectivity index (χ4v) is 5.00. The molecule has 4 rings (SSSR count). The molecule has 0 saturated heterocycles. The number of carbonyl (C=O) groups excluding carboxylic acids is 2. The Morgan fingerprint density at radius 3 is 2.50 bits per heavy atom. The zero-order valence-electron chi connectivity index (χ0n) is 19.3. The number of ether oxygens (including phenoxy) is 1. The molecule has 0 unspecified atom stereocenters. The van der Waals surface area contributed by atoms with Crippen LogP contribution in [-0.2, 0) is 33.8 Å². The third-order valence-corrected chi connectivity index (χ3v) is 6.87. The fraction of sp³-hybridized carbons (Fsp3) is 0.520. The van der Waals surface area contributed by atoms with Gasteiger partial charge in [-0.05, 0) is 62.6 Å². The first-order valence-corrected chi connectivity index (χ1v) is 11.9. The number of amides is 1. The highest BCUT2D eigenvalue weighted by molar-refractivity contribution is 5.87. The van der Waals surface area contributed by atoms with Crippen LogP contribution in [0.2, 0.25) is 0 Å². The highest BCUT2D eigenvalue weighted by atomic mass is 19.1. The third kappa shape index (κ3) is 5.29. The topological polar surface area (TPSA) is 102 Å². The van der Waals surface area contributed by atoms with Gasteiger partial charge >= 0.3 is 11.9 Å². The number of carboxylic acids is 1. The lowest BCUT2D eigenvalue weighted by atomic mass is 9.80. The molecular formula is C25H30FN3O5. The van der Waals surface area contributed by atoms with Crippen LogP contribution in [0.3, 0.4) is 0 Å². The summed E-state index contributed by atoms with van der Waals surface area (Å²) in [6.45, 7) is 3.24. The van der Waals surface area contributed by atoms with Gasteiger partial charge in [-0.3, -0.25) is 14.3 Å². The molecule has 2 aromatic rings. The number of aromatic nitrogens is 2. The minimum atomic E-state index is -1.09. The summed E-state index contributed by atoms with van der Waals surface area (Å²) in [5.74, 6) is -1.37. The van der Waals surface area contributed by atoms with Crippen molar-refractivity contribution in [2.24, 2.45) is 11.8 Å². The second kappa shape index (κ2) is 10.4. The van der Waals surface area contributed by atoms with Gasteiger partial charge in [-0.15, -0.1) is 0 Å². The SMILES string of the molecule is CCOC(=O)[C@H]1CC[C@H](CC(=O)N2CCc3c(C(=O)O)nn(Cc4ccc(F)cc4)c3C2)CC1. The Morgan fingerprint density at radius 2 is 1.85 bits per heavy atom. The van der Waals surface area contributed by atoms with Gasteiger partial charge in [-0.1, -0.05) is 12.1 Å². The maximum Gasteiger partial charge on any atom is 0.356 e. The van der Waals surface area contributed by atoms with Crippen LogP contribution >= 0.6 is 0 Å². The Labute approximate surface area is 197 Å². The summed E-state index contributed by atoms with van der Waals surface area (Å²) >= 11 is 0. The van der Waals surface area contributed by atoms with E-state index in [1.807, 2.05) is 0 Å². The summed E-state index contributed by atoms with van der Waals surface area (Å²) < 4.78 is 20.0. The number of aromatic carboxylic acids is 1. The molecule has 182 valence electrons. The summed E-state index contributed by atoms with van der Waals surface area (Å²) in [6.07, 6.45) is 3.98. The number of carbonyl (C=O) groups is 3. The van der Waals surface area contributed by atoms with Crippen LogP contribution in [0.4, 0.5) is 4.39 Å². The third-order valence-electron chi connectivity index (χ3n) is 6.87. The van der Waals surface area contributed by atoms with E-state index in [1.54, 1.807) is 28.6 Å². The Morgan fingerprint density at radius 1 is 1.15 bits per heavy atom. The smallest absolute Gasteiger partial charge is 0.356 e. The van der Waals surface area contributed by atoms with E-state index in [9.17, 15) is 23.9 Å². The number of nitrogens with zero attached hydrogens (tertiary/aromatic N) is 3. The molecule has 1 N–H and O–H groups in total. The van der Waals surface area contributed by atoms with Gasteiger partial charge < -0.3 is 14.7 Å². The van der Waals surface area contributed by atoms with Gasteiger partial charge in [0, 0.05) is 18.5 Å². The molecule has 2 aliphatic rings. The van der Waals surface area contributed by atoms with Gasteiger partial charge in [0.1, 0.15) is 5.82 Å². The predicted octanol–water partition coefficient (Wildman–Crippen LogP) is 3.41. The Kier molecular flexibility index (Phi) is 7.29. The van der Waals surface area contributed by atoms with E-state index in [4.69, 9.17) is 4.74 Å². The van der Waals surface area contributed by atoms with Crippen molar-refractivity contribution >= 4 is 17.8 Å². The normalized spacial score (nSPS) is 20.0. The molecule has 34 heavy (non-hydrogen) atoms. The highest BCUT2D eigenvalue weighted by Gasteiger charge is 2.32. The molecule has 0 spiro atoms. The molecule has 1 fully saturated rings. The molecule has 1 amide bonds. The monoisotopic (exact) mass is 471 g/mol. The number of hydrogen-bond donors (Lipinski definition) is 1. The van der Waals surface area contributed by atoms with Crippen LogP contribution in [0.25, 0.3) is 0 Å². The van der Waals surface area contributed by atoms with Crippen molar-refractivity contribution in [1.29, 1.82) is 0 Å². The van der Waals surface area contributed by atoms with Gasteiger partial charge in [-0.25, -0.2) is 9.18 Å². The molecule has 1 aromatic carbocycles. The lowest BCUT2D eigenvalue weighted by Crippen LogP contribution is -2.38. The van der Waals surface area contributed by atoms with Gasteiger partial charge in [-0.2, -0.15) is 5.10 Å². The van der Waals surface area contributed by atoms with Crippen molar-refractivity contribution in [2.75, 3.05) is 13.2 Å². The molecule has 8 nitrogen and oxygen atoms in total. The quantitative estimate of drug-likeness (QED) is 0.621. The van der Waals surface area contributed by atoms with Crippen LogP contribution < -0.4 is 0 Å². The van der Waals surface area contributed by atoms with Crippen molar-refractivity contribution < 1.29 is 28.6 Å². The molecule has 0 atom stereocenters. The van der Waals surface area contributed by atoms with E-state index in [2.05, 4.69) is 5.10 Å². The molecule has 9 heteroatoms. The van der Waals surface area contributed by atoms with Crippen molar-refractivity contribution in [1.82, 2.24) is 14.7 Å². The number of rotatable bonds is 7. The fourth-order valence-electron chi connectivity index (χ4n) is 5.00. The first-order chi connectivity index (χ1) is 16.4. The van der Waals surface area contributed by atoms with Crippen molar-refractivity contribution in [2.45, 2.75) is 58.5 Å². The Bertz CT molecular complexity index is 1060. The average molecular weight is 472 g/mol. The maximum atomic E-state index is 13.3. The molecule has 1 aliphatic heterocycles. The van der Waals surface area contributed by atoms with Crippen LogP contribution in [-0.4, -0.2) is 50.8 Å². The molecule has 0 bridgehead atoms. The number of carboxylic acid groups (broad SMARTS) is 1. The first-order valence-electron chi connectivity index (χ1n) is 11.9. The molecule has 2 heterocycles. The Hall–Kier alpha value is -3.23. The van der Waals surface area contributed by atoms with Crippen molar-refractivity contribution in [3.8, 4) is 0 Å². The summed E-state index contributed by atoms with van der Waals surface area (Å²) in [4.78, 5) is 38.6. The second-order valence-corrected chi connectivity index (χ2v) is 9.10. The molecule has 1 aliphatic carbocycles. The van der Waals surface area contributed by atoms with Crippen LogP contribution in [0.5, 0.6) is 0 Å². The summed E-state index contributed by atoms with van der Waals surface area (Å²) in [7, 11) is 0. The summed E-state index contributed by atoms with van der Waals surface area (Å²) in [5.41, 5.74) is 2.19. The number of hydrogen-bond acceptors (Lipinski definition) is 5. The first kappa shape index (κ1) is 23.9. The van der Waals surface area contributed by atoms with Crippen LogP contribution in [0.15, 0.2) is 24.3 Å². The maximum absolute atomic E-state index is 13.3. The molecule has 1 saturated carbocycles. The predicted molar refractivity (Wildman–Crippen MR) is 121 cm³/mol. The van der Waals surface area contributed by atoms with Gasteiger partial charge in [0.25, 0.3) is 0 Å². The van der Waals surface area contributed by atoms with E-state index in [-0.39, 0.29) is 35.2 Å².